The highest BCUT2D eigenvalue weighted by molar-refractivity contribution is 5.90. The predicted octanol–water partition coefficient (Wildman–Crippen LogP) is 3.33. The number of halogens is 3. The Morgan fingerprint density at radius 3 is 2.50 bits per heavy atom. The van der Waals surface area contributed by atoms with Crippen molar-refractivity contribution in [3.8, 4) is 0 Å². The van der Waals surface area contributed by atoms with Crippen LogP contribution in [-0.2, 0) is 6.18 Å². The summed E-state index contributed by atoms with van der Waals surface area (Å²) >= 11 is 0. The average Bonchev–Trinajstić information content (AvgIpc) is 3.14. The van der Waals surface area contributed by atoms with Crippen LogP contribution < -0.4 is 4.90 Å². The Balaban J connectivity index is 1.77. The molecule has 26 heavy (non-hydrogen) atoms. The zero-order chi connectivity index (χ0) is 18.3. The first-order valence-electron chi connectivity index (χ1n) is 8.35. The normalized spacial score (nSPS) is 21.3. The van der Waals surface area contributed by atoms with E-state index in [9.17, 15) is 13.2 Å². The molecule has 3 heterocycles. The second kappa shape index (κ2) is 6.22. The third-order valence-electron chi connectivity index (χ3n) is 4.70. The largest absolute Gasteiger partial charge is 0.418 e. The van der Waals surface area contributed by atoms with Gasteiger partial charge in [-0.05, 0) is 24.5 Å². The average molecular weight is 362 g/mol. The van der Waals surface area contributed by atoms with E-state index < -0.39 is 11.7 Å². The molecule has 9 heteroatoms. The summed E-state index contributed by atoms with van der Waals surface area (Å²) in [5.74, 6) is 0.354. The first-order chi connectivity index (χ1) is 12.4. The lowest BCUT2D eigenvalue weighted by atomic mass is 9.95. The summed E-state index contributed by atoms with van der Waals surface area (Å²) in [6.45, 7) is 3.49. The summed E-state index contributed by atoms with van der Waals surface area (Å²) in [4.78, 5) is 10.2. The van der Waals surface area contributed by atoms with Crippen LogP contribution in [0.5, 0.6) is 0 Å². The van der Waals surface area contributed by atoms with Crippen molar-refractivity contribution < 1.29 is 13.2 Å². The van der Waals surface area contributed by atoms with Crippen molar-refractivity contribution >= 4 is 16.7 Å². The SMILES string of the molecule is C[C@@H]1C[C@H](n2ccnn2)CN(c2ccc(C(F)(F)F)c3nccnc23)C1. The van der Waals surface area contributed by atoms with Crippen molar-refractivity contribution in [3.05, 3.63) is 42.5 Å². The van der Waals surface area contributed by atoms with Gasteiger partial charge in [-0.15, -0.1) is 5.10 Å². The molecule has 0 aliphatic carbocycles. The van der Waals surface area contributed by atoms with Gasteiger partial charge in [0.1, 0.15) is 11.0 Å². The topological polar surface area (TPSA) is 59.7 Å². The van der Waals surface area contributed by atoms with Crippen molar-refractivity contribution in [2.45, 2.75) is 25.6 Å². The van der Waals surface area contributed by atoms with Crippen LogP contribution in [0.25, 0.3) is 11.0 Å². The highest BCUT2D eigenvalue weighted by Gasteiger charge is 2.35. The number of fused-ring (bicyclic) bond motifs is 1. The van der Waals surface area contributed by atoms with Crippen LogP contribution in [0.4, 0.5) is 18.9 Å². The first kappa shape index (κ1) is 16.7. The summed E-state index contributed by atoms with van der Waals surface area (Å²) in [5.41, 5.74) is 0.0572. The summed E-state index contributed by atoms with van der Waals surface area (Å²) in [6.07, 6.45) is 2.62. The van der Waals surface area contributed by atoms with E-state index in [1.54, 1.807) is 10.9 Å². The maximum absolute atomic E-state index is 13.3. The quantitative estimate of drug-likeness (QED) is 0.700. The molecule has 0 N–H and O–H groups in total. The first-order valence-corrected chi connectivity index (χ1v) is 8.35. The molecular weight excluding hydrogens is 345 g/mol. The lowest BCUT2D eigenvalue weighted by molar-refractivity contribution is -0.136. The van der Waals surface area contributed by atoms with Gasteiger partial charge in [0.05, 0.1) is 23.5 Å². The van der Waals surface area contributed by atoms with Crippen LogP contribution >= 0.6 is 0 Å². The zero-order valence-electron chi connectivity index (χ0n) is 14.1. The van der Waals surface area contributed by atoms with Crippen LogP contribution in [0, 0.1) is 5.92 Å². The van der Waals surface area contributed by atoms with E-state index in [2.05, 4.69) is 32.1 Å². The summed E-state index contributed by atoms with van der Waals surface area (Å²) in [6, 6.07) is 2.70. The predicted molar refractivity (Wildman–Crippen MR) is 89.6 cm³/mol. The minimum Gasteiger partial charge on any atom is -0.367 e. The van der Waals surface area contributed by atoms with Crippen LogP contribution in [-0.4, -0.2) is 38.1 Å². The Morgan fingerprint density at radius 2 is 1.81 bits per heavy atom. The van der Waals surface area contributed by atoms with Crippen LogP contribution in [0.1, 0.15) is 24.9 Å². The summed E-state index contributed by atoms with van der Waals surface area (Å²) in [5, 5.41) is 7.93. The van der Waals surface area contributed by atoms with E-state index in [1.165, 1.54) is 18.5 Å². The molecule has 136 valence electrons. The third-order valence-corrected chi connectivity index (χ3v) is 4.70. The number of benzene rings is 1. The second-order valence-corrected chi connectivity index (χ2v) is 6.67. The van der Waals surface area contributed by atoms with E-state index >= 15 is 0 Å². The zero-order valence-corrected chi connectivity index (χ0v) is 14.1. The lowest BCUT2D eigenvalue weighted by Crippen LogP contribution is -2.41. The Labute approximate surface area is 147 Å². The Kier molecular flexibility index (Phi) is 4.01. The number of aromatic nitrogens is 5. The maximum Gasteiger partial charge on any atom is 0.418 e. The molecule has 1 aliphatic heterocycles. The highest BCUT2D eigenvalue weighted by atomic mass is 19.4. The molecule has 2 aromatic heterocycles. The molecule has 3 aromatic rings. The molecule has 1 fully saturated rings. The Morgan fingerprint density at radius 1 is 1.04 bits per heavy atom. The molecule has 6 nitrogen and oxygen atoms in total. The van der Waals surface area contributed by atoms with Gasteiger partial charge in [0.15, 0.2) is 0 Å². The molecular formula is C17H17F3N6. The van der Waals surface area contributed by atoms with Crippen molar-refractivity contribution in [3.63, 3.8) is 0 Å². The molecule has 1 aliphatic rings. The van der Waals surface area contributed by atoms with E-state index in [0.717, 1.165) is 19.0 Å². The van der Waals surface area contributed by atoms with E-state index in [-0.39, 0.29) is 17.1 Å². The molecule has 1 aromatic carbocycles. The number of piperidine rings is 1. The fraction of sp³-hybridized carbons (Fsp3) is 0.412. The van der Waals surface area contributed by atoms with E-state index in [1.807, 2.05) is 6.20 Å². The number of hydrogen-bond donors (Lipinski definition) is 0. The van der Waals surface area contributed by atoms with Gasteiger partial charge in [-0.3, -0.25) is 9.97 Å². The summed E-state index contributed by atoms with van der Waals surface area (Å²) in [7, 11) is 0. The number of hydrogen-bond acceptors (Lipinski definition) is 5. The maximum atomic E-state index is 13.3. The van der Waals surface area contributed by atoms with Gasteiger partial charge in [0, 0.05) is 31.7 Å². The van der Waals surface area contributed by atoms with Gasteiger partial charge in [-0.1, -0.05) is 12.1 Å². The highest BCUT2D eigenvalue weighted by Crippen LogP contribution is 2.38. The number of alkyl halides is 3. The van der Waals surface area contributed by atoms with Crippen molar-refractivity contribution in [2.75, 3.05) is 18.0 Å². The number of nitrogens with zero attached hydrogens (tertiary/aromatic N) is 6. The molecule has 1 saturated heterocycles. The van der Waals surface area contributed by atoms with Gasteiger partial charge in [0.25, 0.3) is 0 Å². The standard InChI is InChI=1S/C17H17F3N6/c1-11-8-12(26-7-6-23-24-26)10-25(9-11)14-3-2-13(17(18,19)20)15-16(14)22-5-4-21-15/h2-7,11-12H,8-10H2,1H3/t11-,12+/m1/s1. The number of anilines is 1. The molecule has 0 saturated carbocycles. The van der Waals surface area contributed by atoms with Gasteiger partial charge >= 0.3 is 6.18 Å². The fourth-order valence-corrected chi connectivity index (χ4v) is 3.65. The Bertz CT molecular complexity index is 909. The smallest absolute Gasteiger partial charge is 0.367 e. The minimum absolute atomic E-state index is 0.107. The number of rotatable bonds is 2. The van der Waals surface area contributed by atoms with E-state index in [4.69, 9.17) is 0 Å². The van der Waals surface area contributed by atoms with Gasteiger partial charge in [0.2, 0.25) is 0 Å². The van der Waals surface area contributed by atoms with Gasteiger partial charge in [-0.2, -0.15) is 13.2 Å². The van der Waals surface area contributed by atoms with Gasteiger partial charge < -0.3 is 4.90 Å². The monoisotopic (exact) mass is 362 g/mol. The second-order valence-electron chi connectivity index (χ2n) is 6.67. The fourth-order valence-electron chi connectivity index (χ4n) is 3.65. The molecule has 0 amide bonds. The molecule has 0 spiro atoms. The minimum atomic E-state index is -4.47. The van der Waals surface area contributed by atoms with Crippen molar-refractivity contribution in [1.29, 1.82) is 0 Å². The van der Waals surface area contributed by atoms with E-state index in [0.29, 0.717) is 18.2 Å². The molecule has 4 rings (SSSR count). The third kappa shape index (κ3) is 2.97. The molecule has 0 bridgehead atoms. The lowest BCUT2D eigenvalue weighted by Gasteiger charge is -2.38. The molecule has 0 unspecified atom stereocenters. The molecule has 2 atom stereocenters. The Hall–Kier alpha value is -2.71. The van der Waals surface area contributed by atoms with Crippen LogP contribution in [0.2, 0.25) is 0 Å². The van der Waals surface area contributed by atoms with Gasteiger partial charge in [-0.25, -0.2) is 4.68 Å². The van der Waals surface area contributed by atoms with Crippen LogP contribution in [0.3, 0.4) is 0 Å². The summed E-state index contributed by atoms with van der Waals surface area (Å²) < 4.78 is 41.7. The van der Waals surface area contributed by atoms with Crippen LogP contribution in [0.15, 0.2) is 36.9 Å². The van der Waals surface area contributed by atoms with Crippen molar-refractivity contribution in [2.24, 2.45) is 5.92 Å². The molecule has 0 radical (unpaired) electrons. The van der Waals surface area contributed by atoms with Crippen molar-refractivity contribution in [1.82, 2.24) is 25.0 Å².